The van der Waals surface area contributed by atoms with E-state index in [9.17, 15) is 9.59 Å². The van der Waals surface area contributed by atoms with Crippen LogP contribution in [0.2, 0.25) is 0 Å². The average molecular weight is 243 g/mol. The number of aromatic nitrogens is 2. The van der Waals surface area contributed by atoms with Crippen LogP contribution >= 0.6 is 11.3 Å². The Balaban J connectivity index is 2.45. The van der Waals surface area contributed by atoms with E-state index in [0.717, 1.165) is 6.42 Å². The molecule has 0 saturated heterocycles. The minimum absolute atomic E-state index is 0.0253. The van der Waals surface area contributed by atoms with Crippen molar-refractivity contribution < 1.29 is 14.7 Å². The van der Waals surface area contributed by atoms with Crippen LogP contribution in [0, 0.1) is 0 Å². The zero-order valence-corrected chi connectivity index (χ0v) is 9.71. The van der Waals surface area contributed by atoms with Crippen LogP contribution in [0.1, 0.15) is 31.2 Å². The third-order valence-corrected chi connectivity index (χ3v) is 2.64. The largest absolute Gasteiger partial charge is 0.481 e. The second-order valence-corrected chi connectivity index (χ2v) is 4.25. The highest BCUT2D eigenvalue weighted by Gasteiger charge is 2.08. The monoisotopic (exact) mass is 243 g/mol. The van der Waals surface area contributed by atoms with Crippen molar-refractivity contribution in [2.24, 2.45) is 0 Å². The summed E-state index contributed by atoms with van der Waals surface area (Å²) in [6.07, 6.45) is 1.59. The van der Waals surface area contributed by atoms with Crippen LogP contribution in [0.25, 0.3) is 0 Å². The highest BCUT2D eigenvalue weighted by atomic mass is 32.1. The summed E-state index contributed by atoms with van der Waals surface area (Å²) < 4.78 is 0. The molecule has 0 aliphatic carbocycles. The average Bonchev–Trinajstić information content (AvgIpc) is 2.63. The molecule has 1 heterocycles. The molecule has 0 radical (unpaired) electrons. The van der Waals surface area contributed by atoms with Gasteiger partial charge in [-0.15, -0.1) is 10.2 Å². The number of nitrogens with one attached hydrogen (secondary N) is 1. The molecule has 1 amide bonds. The number of hydrogen-bond acceptors (Lipinski definition) is 5. The van der Waals surface area contributed by atoms with E-state index in [0.29, 0.717) is 23.0 Å². The first-order valence-electron chi connectivity index (χ1n) is 4.96. The lowest BCUT2D eigenvalue weighted by atomic mass is 10.3. The summed E-state index contributed by atoms with van der Waals surface area (Å²) in [5.41, 5.74) is 0. The van der Waals surface area contributed by atoms with E-state index in [2.05, 4.69) is 15.5 Å². The van der Waals surface area contributed by atoms with Gasteiger partial charge in [-0.05, 0) is 6.42 Å². The number of amides is 1. The van der Waals surface area contributed by atoms with E-state index in [1.807, 2.05) is 6.92 Å². The van der Waals surface area contributed by atoms with Crippen molar-refractivity contribution in [3.05, 3.63) is 5.01 Å². The SMILES string of the molecule is CCCC(=O)Nc1nnc(CCC(=O)O)s1. The van der Waals surface area contributed by atoms with Crippen LogP contribution in [0.3, 0.4) is 0 Å². The Morgan fingerprint density at radius 1 is 1.38 bits per heavy atom. The Hall–Kier alpha value is -1.50. The Bertz CT molecular complexity index is 378. The van der Waals surface area contributed by atoms with E-state index in [4.69, 9.17) is 5.11 Å². The Morgan fingerprint density at radius 2 is 2.12 bits per heavy atom. The molecule has 0 aliphatic heterocycles. The molecule has 16 heavy (non-hydrogen) atoms. The van der Waals surface area contributed by atoms with E-state index in [1.54, 1.807) is 0 Å². The molecule has 0 bridgehead atoms. The molecule has 0 atom stereocenters. The van der Waals surface area contributed by atoms with Gasteiger partial charge < -0.3 is 10.4 Å². The predicted octanol–water partition coefficient (Wildman–Crippen LogP) is 1.29. The molecule has 88 valence electrons. The van der Waals surface area contributed by atoms with E-state index in [1.165, 1.54) is 11.3 Å². The van der Waals surface area contributed by atoms with Gasteiger partial charge in [-0.2, -0.15) is 0 Å². The van der Waals surface area contributed by atoms with Crippen molar-refractivity contribution in [3.8, 4) is 0 Å². The summed E-state index contributed by atoms with van der Waals surface area (Å²) in [6, 6.07) is 0. The number of anilines is 1. The Kier molecular flexibility index (Phi) is 4.84. The number of carboxylic acid groups (broad SMARTS) is 1. The van der Waals surface area contributed by atoms with Crippen LogP contribution in [0.15, 0.2) is 0 Å². The standard InChI is InChI=1S/C9H13N3O3S/c1-2-3-6(13)10-9-12-11-7(16-9)4-5-8(14)15/h2-5H2,1H3,(H,14,15)(H,10,12,13). The highest BCUT2D eigenvalue weighted by Crippen LogP contribution is 2.16. The van der Waals surface area contributed by atoms with Gasteiger partial charge in [-0.1, -0.05) is 18.3 Å². The molecule has 0 aromatic carbocycles. The van der Waals surface area contributed by atoms with Crippen LogP contribution in [-0.2, 0) is 16.0 Å². The molecule has 2 N–H and O–H groups in total. The quantitative estimate of drug-likeness (QED) is 0.785. The summed E-state index contributed by atoms with van der Waals surface area (Å²) in [5.74, 6) is -0.963. The number of carbonyl (C=O) groups is 2. The maximum absolute atomic E-state index is 11.2. The van der Waals surface area contributed by atoms with Crippen molar-refractivity contribution in [2.45, 2.75) is 32.6 Å². The number of nitrogens with zero attached hydrogens (tertiary/aromatic N) is 2. The molecule has 0 fully saturated rings. The number of aryl methyl sites for hydroxylation is 1. The molecule has 1 rings (SSSR count). The molecule has 0 spiro atoms. The fourth-order valence-electron chi connectivity index (χ4n) is 1.03. The fourth-order valence-corrected chi connectivity index (χ4v) is 1.78. The number of aliphatic carboxylic acids is 1. The summed E-state index contributed by atoms with van der Waals surface area (Å²) in [4.78, 5) is 21.6. The van der Waals surface area contributed by atoms with Gasteiger partial charge in [0.25, 0.3) is 0 Å². The zero-order chi connectivity index (χ0) is 12.0. The number of hydrogen-bond donors (Lipinski definition) is 2. The van der Waals surface area contributed by atoms with Crippen LogP contribution < -0.4 is 5.32 Å². The van der Waals surface area contributed by atoms with Crippen LogP contribution in [0.5, 0.6) is 0 Å². The first-order valence-corrected chi connectivity index (χ1v) is 5.77. The number of rotatable bonds is 6. The van der Waals surface area contributed by atoms with Crippen molar-refractivity contribution >= 4 is 28.3 Å². The minimum atomic E-state index is -0.869. The fraction of sp³-hybridized carbons (Fsp3) is 0.556. The Morgan fingerprint density at radius 3 is 2.75 bits per heavy atom. The van der Waals surface area contributed by atoms with Crippen LogP contribution in [-0.4, -0.2) is 27.2 Å². The van der Waals surface area contributed by atoms with Gasteiger partial charge in [0.15, 0.2) is 0 Å². The molecule has 1 aromatic heterocycles. The van der Waals surface area contributed by atoms with Gasteiger partial charge in [0.1, 0.15) is 5.01 Å². The second kappa shape index (κ2) is 6.16. The minimum Gasteiger partial charge on any atom is -0.481 e. The van der Waals surface area contributed by atoms with E-state index >= 15 is 0 Å². The Labute approximate surface area is 96.7 Å². The molecule has 1 aromatic rings. The first-order chi connectivity index (χ1) is 7.61. The summed E-state index contributed by atoms with van der Waals surface area (Å²) >= 11 is 1.21. The number of carboxylic acids is 1. The van der Waals surface area contributed by atoms with Gasteiger partial charge in [0.2, 0.25) is 11.0 Å². The molecular weight excluding hydrogens is 230 g/mol. The van der Waals surface area contributed by atoms with E-state index in [-0.39, 0.29) is 12.3 Å². The van der Waals surface area contributed by atoms with Gasteiger partial charge in [0, 0.05) is 12.8 Å². The lowest BCUT2D eigenvalue weighted by molar-refractivity contribution is -0.137. The van der Waals surface area contributed by atoms with Gasteiger partial charge >= 0.3 is 5.97 Å². The second-order valence-electron chi connectivity index (χ2n) is 3.19. The van der Waals surface area contributed by atoms with Crippen molar-refractivity contribution in [3.63, 3.8) is 0 Å². The third-order valence-electron chi connectivity index (χ3n) is 1.74. The van der Waals surface area contributed by atoms with Crippen molar-refractivity contribution in [2.75, 3.05) is 5.32 Å². The normalized spacial score (nSPS) is 10.1. The van der Waals surface area contributed by atoms with Crippen molar-refractivity contribution in [1.29, 1.82) is 0 Å². The zero-order valence-electron chi connectivity index (χ0n) is 8.89. The van der Waals surface area contributed by atoms with Gasteiger partial charge in [-0.25, -0.2) is 0 Å². The number of carbonyl (C=O) groups excluding carboxylic acids is 1. The topological polar surface area (TPSA) is 92.2 Å². The molecule has 7 heteroatoms. The molecular formula is C9H13N3O3S. The molecule has 0 aliphatic rings. The third kappa shape index (κ3) is 4.35. The van der Waals surface area contributed by atoms with E-state index < -0.39 is 5.97 Å². The molecule has 0 unspecified atom stereocenters. The highest BCUT2D eigenvalue weighted by molar-refractivity contribution is 7.15. The van der Waals surface area contributed by atoms with Gasteiger partial charge in [0.05, 0.1) is 6.42 Å². The molecule has 0 saturated carbocycles. The van der Waals surface area contributed by atoms with Crippen LogP contribution in [0.4, 0.5) is 5.13 Å². The lowest BCUT2D eigenvalue weighted by Gasteiger charge is -1.96. The smallest absolute Gasteiger partial charge is 0.303 e. The summed E-state index contributed by atoms with van der Waals surface area (Å²) in [6.45, 7) is 1.91. The predicted molar refractivity (Wildman–Crippen MR) is 59.4 cm³/mol. The molecule has 6 nitrogen and oxygen atoms in total. The summed E-state index contributed by atoms with van der Waals surface area (Å²) in [5, 5.41) is 19.7. The maximum atomic E-state index is 11.2. The first kappa shape index (κ1) is 12.6. The van der Waals surface area contributed by atoms with Gasteiger partial charge in [-0.3, -0.25) is 9.59 Å². The maximum Gasteiger partial charge on any atom is 0.303 e. The lowest BCUT2D eigenvalue weighted by Crippen LogP contribution is -2.10. The summed E-state index contributed by atoms with van der Waals surface area (Å²) in [7, 11) is 0. The van der Waals surface area contributed by atoms with Crippen molar-refractivity contribution in [1.82, 2.24) is 10.2 Å².